The maximum Gasteiger partial charge on any atom is 0.186 e. The molecule has 8 aliphatic rings. The molecule has 17 atom stereocenters. The summed E-state index contributed by atoms with van der Waals surface area (Å²) in [6, 6.07) is 0. The molecule has 0 amide bonds. The lowest BCUT2D eigenvalue weighted by Gasteiger charge is -2.74. The van der Waals surface area contributed by atoms with Gasteiger partial charge in [0.15, 0.2) is 12.6 Å². The van der Waals surface area contributed by atoms with Crippen LogP contribution in [0.1, 0.15) is 93.4 Å². The number of allylic oxidation sites excluding steroid dienone is 1. The third-order valence-corrected chi connectivity index (χ3v) is 16.1. The van der Waals surface area contributed by atoms with Gasteiger partial charge >= 0.3 is 0 Å². The predicted molar refractivity (Wildman–Crippen MR) is 175 cm³/mol. The Morgan fingerprint density at radius 1 is 0.915 bits per heavy atom. The van der Waals surface area contributed by atoms with E-state index in [9.17, 15) is 20.4 Å². The topological polar surface area (TPSA) is 127 Å². The quantitative estimate of drug-likeness (QED) is 0.306. The number of aliphatic hydroxyl groups is 4. The largest absolute Gasteiger partial charge is 0.394 e. The van der Waals surface area contributed by atoms with Crippen LogP contribution in [0, 0.1) is 56.7 Å². The van der Waals surface area contributed by atoms with Crippen molar-refractivity contribution in [3.8, 4) is 0 Å². The molecular weight excluding hydrogens is 600 g/mol. The fourth-order valence-corrected chi connectivity index (χ4v) is 13.7. The van der Waals surface area contributed by atoms with Gasteiger partial charge in [-0.1, -0.05) is 60.1 Å². The van der Waals surface area contributed by atoms with Gasteiger partial charge in [0.1, 0.15) is 24.4 Å². The monoisotopic (exact) mass is 662 g/mol. The average Bonchev–Trinajstić information content (AvgIpc) is 3.34. The Morgan fingerprint density at radius 3 is 2.28 bits per heavy atom. The number of fused-ring (bicyclic) bond motifs is 4. The highest BCUT2D eigenvalue weighted by molar-refractivity contribution is 5.38. The molecular formula is C38H62O9. The van der Waals surface area contributed by atoms with E-state index in [0.29, 0.717) is 11.8 Å². The molecule has 17 unspecified atom stereocenters. The standard InChI is InChI=1S/C38H62O9/c1-19(2)21-16-23(45-32-29(42)28(41)30(43-8)24(18-39)46-32)31-35(21,5)14-15-36(6)27-20(10-12-37(31,36)7)38-13-11-26(40)34(3,4)25(38)17-22(27)47-33(38)44-9/h10,19,21-33,39-42H,11-18H2,1-9H3. The number of aliphatic hydroxyl groups excluding tert-OH is 4. The minimum Gasteiger partial charge on any atom is -0.394 e. The molecule has 268 valence electrons. The van der Waals surface area contributed by atoms with E-state index >= 15 is 0 Å². The molecule has 9 nitrogen and oxygen atoms in total. The van der Waals surface area contributed by atoms with E-state index in [1.54, 1.807) is 7.11 Å². The molecule has 5 aliphatic carbocycles. The van der Waals surface area contributed by atoms with Gasteiger partial charge in [0.05, 0.1) is 24.9 Å². The van der Waals surface area contributed by atoms with Gasteiger partial charge in [0, 0.05) is 25.6 Å². The third kappa shape index (κ3) is 4.40. The van der Waals surface area contributed by atoms with Crippen LogP contribution in [0.4, 0.5) is 0 Å². The smallest absolute Gasteiger partial charge is 0.186 e. The van der Waals surface area contributed by atoms with Crippen molar-refractivity contribution in [3.63, 3.8) is 0 Å². The van der Waals surface area contributed by atoms with Crippen LogP contribution >= 0.6 is 0 Å². The van der Waals surface area contributed by atoms with Crippen LogP contribution in [0.5, 0.6) is 0 Å². The summed E-state index contributed by atoms with van der Waals surface area (Å²) in [5.74, 6) is 1.59. The maximum absolute atomic E-state index is 11.2. The first-order valence-electron chi connectivity index (χ1n) is 18.4. The van der Waals surface area contributed by atoms with Gasteiger partial charge in [-0.2, -0.15) is 0 Å². The fourth-order valence-electron chi connectivity index (χ4n) is 13.7. The van der Waals surface area contributed by atoms with Crippen molar-refractivity contribution in [1.29, 1.82) is 0 Å². The number of hydrogen-bond acceptors (Lipinski definition) is 9. The summed E-state index contributed by atoms with van der Waals surface area (Å²) in [7, 11) is 3.24. The van der Waals surface area contributed by atoms with Crippen molar-refractivity contribution < 1.29 is 44.1 Å². The van der Waals surface area contributed by atoms with Gasteiger partial charge in [-0.25, -0.2) is 0 Å². The van der Waals surface area contributed by atoms with Crippen LogP contribution in [-0.4, -0.2) is 96.6 Å². The molecule has 3 saturated heterocycles. The number of ether oxygens (including phenoxy) is 5. The van der Waals surface area contributed by atoms with Gasteiger partial charge in [-0.3, -0.25) is 0 Å². The molecule has 7 fully saturated rings. The summed E-state index contributed by atoms with van der Waals surface area (Å²) in [5, 5.41) is 43.5. The van der Waals surface area contributed by atoms with Gasteiger partial charge < -0.3 is 44.1 Å². The van der Waals surface area contributed by atoms with E-state index in [4.69, 9.17) is 23.7 Å². The molecule has 1 spiro atoms. The minimum absolute atomic E-state index is 0.00763. The Morgan fingerprint density at radius 2 is 1.64 bits per heavy atom. The molecule has 8 rings (SSSR count). The van der Waals surface area contributed by atoms with Crippen molar-refractivity contribution >= 4 is 0 Å². The van der Waals surface area contributed by atoms with E-state index in [2.05, 4.69) is 54.5 Å². The molecule has 4 N–H and O–H groups in total. The number of methoxy groups -OCH3 is 2. The van der Waals surface area contributed by atoms with Crippen molar-refractivity contribution in [2.45, 2.75) is 149 Å². The lowest BCUT2D eigenvalue weighted by Crippen LogP contribution is -2.72. The number of rotatable bonds is 6. The lowest BCUT2D eigenvalue weighted by molar-refractivity contribution is -0.343. The van der Waals surface area contributed by atoms with Crippen LogP contribution in [0.25, 0.3) is 0 Å². The molecule has 47 heavy (non-hydrogen) atoms. The van der Waals surface area contributed by atoms with Crippen LogP contribution < -0.4 is 0 Å². The van der Waals surface area contributed by atoms with E-state index in [-0.39, 0.29) is 76.0 Å². The SMILES string of the molecule is COC1C(CO)OC(OC2CC(C(C)C)C3(C)CCC4(C)C5C(=CCC4(C)C23)C23CCC(O)C(C)(C)C2CC5OC3OC)C(O)C1O. The van der Waals surface area contributed by atoms with Crippen LogP contribution in [0.2, 0.25) is 0 Å². The fraction of sp³-hybridized carbons (Fsp3) is 0.947. The highest BCUT2D eigenvalue weighted by Gasteiger charge is 2.76. The highest BCUT2D eigenvalue weighted by atomic mass is 16.7. The average molecular weight is 663 g/mol. The van der Waals surface area contributed by atoms with Crippen LogP contribution in [0.3, 0.4) is 0 Å². The Balaban J connectivity index is 1.29. The normalized spacial score (nSPS) is 56.4. The summed E-state index contributed by atoms with van der Waals surface area (Å²) in [5.41, 5.74) is 0.846. The van der Waals surface area contributed by atoms with E-state index in [1.165, 1.54) is 12.7 Å². The Labute approximate surface area is 281 Å². The minimum atomic E-state index is -1.29. The third-order valence-electron chi connectivity index (χ3n) is 16.1. The summed E-state index contributed by atoms with van der Waals surface area (Å²) in [4.78, 5) is 0. The van der Waals surface area contributed by atoms with E-state index in [0.717, 1.165) is 44.9 Å². The van der Waals surface area contributed by atoms with Crippen LogP contribution in [-0.2, 0) is 23.7 Å². The molecule has 2 bridgehead atoms. The Kier molecular flexibility index (Phi) is 8.48. The predicted octanol–water partition coefficient (Wildman–Crippen LogP) is 4.44. The first-order valence-corrected chi connectivity index (χ1v) is 18.4. The summed E-state index contributed by atoms with van der Waals surface area (Å²) < 4.78 is 31.6. The lowest BCUT2D eigenvalue weighted by atomic mass is 9.34. The Hall–Kier alpha value is -0.620. The molecule has 0 radical (unpaired) electrons. The first kappa shape index (κ1) is 34.8. The van der Waals surface area contributed by atoms with Crippen molar-refractivity contribution in [1.82, 2.24) is 0 Å². The summed E-state index contributed by atoms with van der Waals surface area (Å²) >= 11 is 0. The van der Waals surface area contributed by atoms with Crippen molar-refractivity contribution in [2.24, 2.45) is 56.7 Å². The molecule has 0 aromatic carbocycles. The molecule has 3 heterocycles. The second-order valence-corrected chi connectivity index (χ2v) is 18.3. The van der Waals surface area contributed by atoms with E-state index < -0.39 is 30.7 Å². The van der Waals surface area contributed by atoms with Gasteiger partial charge in [0.2, 0.25) is 0 Å². The summed E-state index contributed by atoms with van der Waals surface area (Å²) in [6.45, 7) is 16.3. The summed E-state index contributed by atoms with van der Waals surface area (Å²) in [6.07, 6.45) is 3.04. The second-order valence-electron chi connectivity index (χ2n) is 18.3. The second kappa shape index (κ2) is 11.4. The zero-order valence-corrected chi connectivity index (χ0v) is 30.1. The zero-order valence-electron chi connectivity index (χ0n) is 30.1. The molecule has 9 heteroatoms. The molecule has 0 aromatic heterocycles. The molecule has 4 saturated carbocycles. The van der Waals surface area contributed by atoms with Crippen molar-refractivity contribution in [3.05, 3.63) is 11.6 Å². The van der Waals surface area contributed by atoms with Gasteiger partial charge in [0.25, 0.3) is 0 Å². The van der Waals surface area contributed by atoms with Gasteiger partial charge in [-0.15, -0.1) is 0 Å². The zero-order chi connectivity index (χ0) is 34.1. The van der Waals surface area contributed by atoms with Gasteiger partial charge in [-0.05, 0) is 90.3 Å². The highest BCUT2D eigenvalue weighted by Crippen LogP contribution is 2.78. The van der Waals surface area contributed by atoms with Crippen LogP contribution in [0.15, 0.2) is 11.6 Å². The molecule has 0 aromatic rings. The van der Waals surface area contributed by atoms with E-state index in [1.807, 2.05) is 0 Å². The Bertz CT molecular complexity index is 1240. The molecule has 3 aliphatic heterocycles. The van der Waals surface area contributed by atoms with Crippen molar-refractivity contribution in [2.75, 3.05) is 20.8 Å². The maximum atomic E-state index is 11.2. The number of hydrogen-bond donors (Lipinski definition) is 4. The first-order chi connectivity index (χ1) is 22.1.